The number of nitro groups is 1. The lowest BCUT2D eigenvalue weighted by molar-refractivity contribution is -0.385. The standard InChI is InChI=1S/C14H14ClNO8S/c15-11-5-9(13(17)18)10(14(19)20)6-12(11)25(23,24)8-3-1-2-7(4-8)16(21)22/h1-4,9-12H,5-6H2,(H,17,18)(H,19,20)/t9-,10+,11-,12-/m0/s1. The summed E-state index contributed by atoms with van der Waals surface area (Å²) in [5.74, 6) is -5.48. The van der Waals surface area contributed by atoms with Gasteiger partial charge in [-0.1, -0.05) is 6.07 Å². The Bertz CT molecular complexity index is 824. The molecule has 0 radical (unpaired) electrons. The average Bonchev–Trinajstić information content (AvgIpc) is 2.54. The predicted molar refractivity (Wildman–Crippen MR) is 85.2 cm³/mol. The molecule has 1 aromatic carbocycles. The van der Waals surface area contributed by atoms with Gasteiger partial charge in [-0.2, -0.15) is 0 Å². The SMILES string of the molecule is O=C(O)[C@H]1C[C@H](Cl)[C@@H](S(=O)(=O)c2cccc([N+](=O)[O-])c2)C[C@H]1C(=O)O. The van der Waals surface area contributed by atoms with Gasteiger partial charge in [0.05, 0.1) is 32.3 Å². The number of carboxylic acids is 2. The summed E-state index contributed by atoms with van der Waals surface area (Å²) in [7, 11) is -4.18. The van der Waals surface area contributed by atoms with E-state index in [1.54, 1.807) is 0 Å². The molecule has 136 valence electrons. The first-order chi connectivity index (χ1) is 11.6. The smallest absolute Gasteiger partial charge is 0.307 e. The van der Waals surface area contributed by atoms with Gasteiger partial charge in [0.2, 0.25) is 0 Å². The van der Waals surface area contributed by atoms with Crippen molar-refractivity contribution in [2.45, 2.75) is 28.4 Å². The summed E-state index contributed by atoms with van der Waals surface area (Å²) in [6.07, 6.45) is -0.807. The molecule has 11 heteroatoms. The fourth-order valence-electron chi connectivity index (χ4n) is 2.94. The Labute approximate surface area is 147 Å². The van der Waals surface area contributed by atoms with Crippen LogP contribution in [0.3, 0.4) is 0 Å². The molecule has 25 heavy (non-hydrogen) atoms. The summed E-state index contributed by atoms with van der Waals surface area (Å²) < 4.78 is 25.5. The van der Waals surface area contributed by atoms with Crippen molar-refractivity contribution in [3.05, 3.63) is 34.4 Å². The zero-order valence-corrected chi connectivity index (χ0v) is 14.2. The fraction of sp³-hybridized carbons (Fsp3) is 0.429. The summed E-state index contributed by atoms with van der Waals surface area (Å²) in [5.41, 5.74) is -0.429. The Balaban J connectivity index is 2.42. The second kappa shape index (κ2) is 6.96. The number of carboxylic acid groups (broad SMARTS) is 2. The number of non-ortho nitro benzene ring substituents is 1. The molecule has 0 bridgehead atoms. The topological polar surface area (TPSA) is 152 Å². The fourth-order valence-corrected chi connectivity index (χ4v) is 5.50. The van der Waals surface area contributed by atoms with Crippen LogP contribution in [0.15, 0.2) is 29.2 Å². The lowest BCUT2D eigenvalue weighted by atomic mass is 9.79. The highest BCUT2D eigenvalue weighted by Gasteiger charge is 2.48. The number of benzene rings is 1. The van der Waals surface area contributed by atoms with Crippen molar-refractivity contribution in [3.63, 3.8) is 0 Å². The molecule has 0 aromatic heterocycles. The van der Waals surface area contributed by atoms with Crippen molar-refractivity contribution in [2.75, 3.05) is 0 Å². The number of hydrogen-bond acceptors (Lipinski definition) is 6. The molecule has 0 amide bonds. The number of carbonyl (C=O) groups is 2. The molecule has 0 spiro atoms. The molecule has 2 rings (SSSR count). The van der Waals surface area contributed by atoms with Crippen LogP contribution < -0.4 is 0 Å². The second-order valence-corrected chi connectivity index (χ2v) is 8.44. The van der Waals surface area contributed by atoms with E-state index in [-0.39, 0.29) is 11.3 Å². The van der Waals surface area contributed by atoms with Crippen LogP contribution in [-0.4, -0.2) is 46.1 Å². The molecule has 2 N–H and O–H groups in total. The molecule has 1 aliphatic carbocycles. The van der Waals surface area contributed by atoms with Gasteiger partial charge in [-0.25, -0.2) is 8.42 Å². The zero-order chi connectivity index (χ0) is 18.9. The third-order valence-corrected chi connectivity index (χ3v) is 7.11. The van der Waals surface area contributed by atoms with Crippen molar-refractivity contribution >= 4 is 39.1 Å². The highest BCUT2D eigenvalue weighted by molar-refractivity contribution is 7.92. The summed E-state index contributed by atoms with van der Waals surface area (Å²) in [4.78, 5) is 32.3. The molecule has 0 saturated heterocycles. The first-order valence-corrected chi connectivity index (χ1v) is 9.12. The molecule has 1 aliphatic rings. The normalized spacial score (nSPS) is 26.8. The highest BCUT2D eigenvalue weighted by Crippen LogP contribution is 2.39. The summed E-state index contributed by atoms with van der Waals surface area (Å²) in [6.45, 7) is 0. The van der Waals surface area contributed by atoms with Gasteiger partial charge in [0, 0.05) is 12.1 Å². The van der Waals surface area contributed by atoms with E-state index in [1.165, 1.54) is 6.07 Å². The van der Waals surface area contributed by atoms with Crippen molar-refractivity contribution < 1.29 is 33.1 Å². The molecule has 1 aromatic rings. The number of nitrogens with zero attached hydrogens (tertiary/aromatic N) is 1. The van der Waals surface area contributed by atoms with Gasteiger partial charge in [-0.3, -0.25) is 19.7 Å². The maximum atomic E-state index is 12.8. The Hall–Kier alpha value is -2.20. The summed E-state index contributed by atoms with van der Waals surface area (Å²) in [6, 6.07) is 4.35. The highest BCUT2D eigenvalue weighted by atomic mass is 35.5. The molecular weight excluding hydrogens is 378 g/mol. The Morgan fingerprint density at radius 1 is 1.16 bits per heavy atom. The third kappa shape index (κ3) is 3.74. The molecule has 1 saturated carbocycles. The summed E-state index contributed by atoms with van der Waals surface area (Å²) >= 11 is 6.06. The third-order valence-electron chi connectivity index (χ3n) is 4.24. The van der Waals surface area contributed by atoms with Gasteiger partial charge in [-0.15, -0.1) is 11.6 Å². The first-order valence-electron chi connectivity index (χ1n) is 7.13. The Kier molecular flexibility index (Phi) is 5.33. The van der Waals surface area contributed by atoms with E-state index in [2.05, 4.69) is 0 Å². The van der Waals surface area contributed by atoms with Crippen LogP contribution >= 0.6 is 11.6 Å². The molecular formula is C14H14ClNO8S. The second-order valence-electron chi connectivity index (χ2n) is 5.71. The minimum Gasteiger partial charge on any atom is -0.481 e. The van der Waals surface area contributed by atoms with Gasteiger partial charge < -0.3 is 10.2 Å². The number of rotatable bonds is 5. The van der Waals surface area contributed by atoms with Gasteiger partial charge in [0.15, 0.2) is 9.84 Å². The van der Waals surface area contributed by atoms with Crippen molar-refractivity contribution in [1.82, 2.24) is 0 Å². The lowest BCUT2D eigenvalue weighted by Gasteiger charge is -2.34. The first kappa shape index (κ1) is 19.1. The Morgan fingerprint density at radius 3 is 2.24 bits per heavy atom. The largest absolute Gasteiger partial charge is 0.481 e. The van der Waals surface area contributed by atoms with Crippen molar-refractivity contribution in [1.29, 1.82) is 0 Å². The van der Waals surface area contributed by atoms with E-state index < -0.39 is 61.3 Å². The number of alkyl halides is 1. The number of aliphatic carboxylic acids is 2. The quantitative estimate of drug-likeness (QED) is 0.435. The minimum atomic E-state index is -4.18. The van der Waals surface area contributed by atoms with E-state index >= 15 is 0 Å². The average molecular weight is 392 g/mol. The van der Waals surface area contributed by atoms with Crippen LogP contribution in [0, 0.1) is 22.0 Å². The van der Waals surface area contributed by atoms with Crippen LogP contribution in [0.4, 0.5) is 5.69 Å². The van der Waals surface area contributed by atoms with Crippen LogP contribution in [-0.2, 0) is 19.4 Å². The van der Waals surface area contributed by atoms with Gasteiger partial charge >= 0.3 is 11.9 Å². The predicted octanol–water partition coefficient (Wildman–Crippen LogP) is 1.54. The molecule has 0 aliphatic heterocycles. The maximum Gasteiger partial charge on any atom is 0.307 e. The monoisotopic (exact) mass is 391 g/mol. The molecule has 0 unspecified atom stereocenters. The van der Waals surface area contributed by atoms with Crippen molar-refractivity contribution in [3.8, 4) is 0 Å². The Morgan fingerprint density at radius 2 is 1.72 bits per heavy atom. The van der Waals surface area contributed by atoms with E-state index in [4.69, 9.17) is 16.7 Å². The van der Waals surface area contributed by atoms with Gasteiger partial charge in [-0.05, 0) is 18.9 Å². The minimum absolute atomic E-state index is 0.327. The number of halogens is 1. The van der Waals surface area contributed by atoms with E-state index in [1.807, 2.05) is 0 Å². The van der Waals surface area contributed by atoms with Gasteiger partial charge in [0.1, 0.15) is 0 Å². The van der Waals surface area contributed by atoms with Gasteiger partial charge in [0.25, 0.3) is 5.69 Å². The maximum absolute atomic E-state index is 12.8. The number of hydrogen-bond donors (Lipinski definition) is 2. The van der Waals surface area contributed by atoms with E-state index in [0.717, 1.165) is 18.2 Å². The van der Waals surface area contributed by atoms with Crippen LogP contribution in [0.2, 0.25) is 0 Å². The lowest BCUT2D eigenvalue weighted by Crippen LogP contribution is -2.46. The van der Waals surface area contributed by atoms with Crippen LogP contribution in [0.1, 0.15) is 12.8 Å². The zero-order valence-electron chi connectivity index (χ0n) is 12.6. The number of nitro benzene ring substituents is 1. The van der Waals surface area contributed by atoms with Crippen molar-refractivity contribution in [2.24, 2.45) is 11.8 Å². The molecule has 0 heterocycles. The number of sulfone groups is 1. The van der Waals surface area contributed by atoms with E-state index in [0.29, 0.717) is 0 Å². The van der Waals surface area contributed by atoms with Crippen LogP contribution in [0.5, 0.6) is 0 Å². The summed E-state index contributed by atoms with van der Waals surface area (Å²) in [5, 5.41) is 26.7. The molecule has 9 nitrogen and oxygen atoms in total. The molecule has 4 atom stereocenters. The molecule has 1 fully saturated rings. The van der Waals surface area contributed by atoms with Crippen LogP contribution in [0.25, 0.3) is 0 Å². The van der Waals surface area contributed by atoms with E-state index in [9.17, 15) is 33.2 Å².